The molecule has 0 aliphatic rings. The Morgan fingerprint density at radius 2 is 2.07 bits per heavy atom. The average Bonchev–Trinajstić information content (AvgIpc) is 3.10. The predicted octanol–water partition coefficient (Wildman–Crippen LogP) is 4.78. The van der Waals surface area contributed by atoms with E-state index in [2.05, 4.69) is 16.4 Å². The van der Waals surface area contributed by atoms with Crippen molar-refractivity contribution in [3.8, 4) is 5.69 Å². The molecule has 0 saturated heterocycles. The van der Waals surface area contributed by atoms with Gasteiger partial charge in [0.05, 0.1) is 27.1 Å². The molecule has 0 spiro atoms. The summed E-state index contributed by atoms with van der Waals surface area (Å²) >= 11 is 7.30. The van der Waals surface area contributed by atoms with E-state index < -0.39 is 4.92 Å². The third-order valence-corrected chi connectivity index (χ3v) is 5.27. The van der Waals surface area contributed by atoms with Gasteiger partial charge in [-0.1, -0.05) is 41.1 Å². The van der Waals surface area contributed by atoms with E-state index >= 15 is 0 Å². The quantitative estimate of drug-likeness (QED) is 0.354. The van der Waals surface area contributed by atoms with Gasteiger partial charge in [0.25, 0.3) is 5.69 Å². The number of non-ortho nitro benzene ring substituents is 1. The number of aryl methyl sites for hydroxylation is 2. The molecule has 144 valence electrons. The molecule has 9 heteroatoms. The van der Waals surface area contributed by atoms with E-state index in [1.54, 1.807) is 6.20 Å². The van der Waals surface area contributed by atoms with Gasteiger partial charge >= 0.3 is 0 Å². The predicted molar refractivity (Wildman–Crippen MR) is 110 cm³/mol. The van der Waals surface area contributed by atoms with E-state index in [0.717, 1.165) is 11.3 Å². The molecule has 0 unspecified atom stereocenters. The minimum absolute atomic E-state index is 0.115. The molecule has 0 saturated carbocycles. The van der Waals surface area contributed by atoms with Gasteiger partial charge in [-0.25, -0.2) is 4.98 Å². The van der Waals surface area contributed by atoms with E-state index in [0.29, 0.717) is 10.8 Å². The fourth-order valence-electron chi connectivity index (χ4n) is 2.69. The number of carbonyl (C=O) groups excluding carboxylic acids is 1. The number of hydrogen-bond donors (Lipinski definition) is 1. The third-order valence-electron chi connectivity index (χ3n) is 3.99. The van der Waals surface area contributed by atoms with Gasteiger partial charge in [-0.15, -0.1) is 0 Å². The Kier molecular flexibility index (Phi) is 6.01. The summed E-state index contributed by atoms with van der Waals surface area (Å²) in [5, 5.41) is 14.2. The first kappa shape index (κ1) is 19.9. The summed E-state index contributed by atoms with van der Waals surface area (Å²) in [6, 6.07) is 10.1. The maximum atomic E-state index is 12.3. The molecule has 1 amide bonds. The maximum absolute atomic E-state index is 12.3. The Hall–Kier alpha value is -2.84. The molecule has 2 aromatic carbocycles. The topological polar surface area (TPSA) is 90.1 Å². The lowest BCUT2D eigenvalue weighted by Crippen LogP contribution is -2.15. The highest BCUT2D eigenvalue weighted by Crippen LogP contribution is 2.27. The molecule has 0 aliphatic heterocycles. The zero-order valence-electron chi connectivity index (χ0n) is 15.2. The number of anilines is 1. The van der Waals surface area contributed by atoms with E-state index in [1.807, 2.05) is 36.7 Å². The Bertz CT molecular complexity index is 1050. The number of amides is 1. The van der Waals surface area contributed by atoms with Crippen LogP contribution >= 0.6 is 23.4 Å². The van der Waals surface area contributed by atoms with Gasteiger partial charge in [0.1, 0.15) is 0 Å². The number of benzene rings is 2. The minimum Gasteiger partial charge on any atom is -0.324 e. The Labute approximate surface area is 170 Å². The normalized spacial score (nSPS) is 10.7. The lowest BCUT2D eigenvalue weighted by molar-refractivity contribution is -0.384. The van der Waals surface area contributed by atoms with Crippen LogP contribution in [0.2, 0.25) is 5.02 Å². The zero-order valence-corrected chi connectivity index (χ0v) is 16.8. The van der Waals surface area contributed by atoms with Crippen molar-refractivity contribution in [1.82, 2.24) is 9.55 Å². The smallest absolute Gasteiger partial charge is 0.271 e. The van der Waals surface area contributed by atoms with Crippen molar-refractivity contribution in [3.63, 3.8) is 0 Å². The maximum Gasteiger partial charge on any atom is 0.271 e. The number of rotatable bonds is 6. The Morgan fingerprint density at radius 1 is 1.29 bits per heavy atom. The molecule has 0 aliphatic carbocycles. The summed E-state index contributed by atoms with van der Waals surface area (Å²) in [5.74, 6) is -0.161. The monoisotopic (exact) mass is 416 g/mol. The standard InChI is InChI=1S/C19H17ClN4O3S/c1-12-3-6-17(13(2)9-12)23-8-7-21-19(23)28-11-18(25)22-16-5-4-14(24(26)27)10-15(16)20/h3-10H,11H2,1-2H3,(H,22,25). The molecule has 0 radical (unpaired) electrons. The van der Waals surface area contributed by atoms with Crippen molar-refractivity contribution in [2.75, 3.05) is 11.1 Å². The lowest BCUT2D eigenvalue weighted by atomic mass is 10.1. The molecule has 7 nitrogen and oxygen atoms in total. The SMILES string of the molecule is Cc1ccc(-n2ccnc2SCC(=O)Nc2ccc([N+](=O)[O-])cc2Cl)c(C)c1. The van der Waals surface area contributed by atoms with Crippen LogP contribution in [0.4, 0.5) is 11.4 Å². The highest BCUT2D eigenvalue weighted by Gasteiger charge is 2.14. The molecule has 0 bridgehead atoms. The van der Waals surface area contributed by atoms with Gasteiger partial charge in [0, 0.05) is 24.5 Å². The first-order chi connectivity index (χ1) is 13.3. The van der Waals surface area contributed by atoms with E-state index in [-0.39, 0.29) is 22.4 Å². The fraction of sp³-hybridized carbons (Fsp3) is 0.158. The number of aromatic nitrogens is 2. The molecule has 1 heterocycles. The number of imidazole rings is 1. The number of halogens is 1. The lowest BCUT2D eigenvalue weighted by Gasteiger charge is -2.11. The number of nitrogens with zero attached hydrogens (tertiary/aromatic N) is 3. The first-order valence-electron chi connectivity index (χ1n) is 8.32. The van der Waals surface area contributed by atoms with Crippen molar-refractivity contribution in [2.24, 2.45) is 0 Å². The number of thioether (sulfide) groups is 1. The summed E-state index contributed by atoms with van der Waals surface area (Å²) in [7, 11) is 0. The van der Waals surface area contributed by atoms with Crippen LogP contribution in [0.15, 0.2) is 53.9 Å². The van der Waals surface area contributed by atoms with Crippen LogP contribution < -0.4 is 5.32 Å². The number of hydrogen-bond acceptors (Lipinski definition) is 5. The van der Waals surface area contributed by atoms with Crippen molar-refractivity contribution in [1.29, 1.82) is 0 Å². The highest BCUT2D eigenvalue weighted by molar-refractivity contribution is 7.99. The third kappa shape index (κ3) is 4.52. The van der Waals surface area contributed by atoms with Crippen molar-refractivity contribution in [2.45, 2.75) is 19.0 Å². The Balaban J connectivity index is 1.68. The van der Waals surface area contributed by atoms with E-state index in [9.17, 15) is 14.9 Å². The van der Waals surface area contributed by atoms with Gasteiger partial charge in [0.15, 0.2) is 5.16 Å². The van der Waals surface area contributed by atoms with E-state index in [4.69, 9.17) is 11.6 Å². The molecular weight excluding hydrogens is 400 g/mol. The van der Waals surface area contributed by atoms with Crippen LogP contribution in [0.5, 0.6) is 0 Å². The second kappa shape index (κ2) is 8.45. The summed E-state index contributed by atoms with van der Waals surface area (Å²) in [5.41, 5.74) is 3.49. The van der Waals surface area contributed by atoms with Gasteiger partial charge in [-0.05, 0) is 31.5 Å². The van der Waals surface area contributed by atoms with Gasteiger partial charge in [0.2, 0.25) is 5.91 Å². The summed E-state index contributed by atoms with van der Waals surface area (Å²) in [6.07, 6.45) is 3.54. The fourth-order valence-corrected chi connectivity index (χ4v) is 3.68. The molecule has 1 N–H and O–H groups in total. The molecule has 0 atom stereocenters. The van der Waals surface area contributed by atoms with Crippen LogP contribution in [0.3, 0.4) is 0 Å². The van der Waals surface area contributed by atoms with Crippen molar-refractivity contribution < 1.29 is 9.72 Å². The number of nitro benzene ring substituents is 1. The Morgan fingerprint density at radius 3 is 2.75 bits per heavy atom. The van der Waals surface area contributed by atoms with Crippen LogP contribution in [0.25, 0.3) is 5.69 Å². The number of carbonyl (C=O) groups is 1. The molecular formula is C19H17ClN4O3S. The van der Waals surface area contributed by atoms with Crippen molar-refractivity contribution in [3.05, 3.63) is 75.1 Å². The largest absolute Gasteiger partial charge is 0.324 e. The van der Waals surface area contributed by atoms with Crippen molar-refractivity contribution >= 4 is 40.6 Å². The van der Waals surface area contributed by atoms with Gasteiger partial charge < -0.3 is 5.32 Å². The molecule has 3 rings (SSSR count). The second-order valence-electron chi connectivity index (χ2n) is 6.13. The zero-order chi connectivity index (χ0) is 20.3. The van der Waals surface area contributed by atoms with Crippen LogP contribution in [-0.2, 0) is 4.79 Å². The summed E-state index contributed by atoms with van der Waals surface area (Å²) < 4.78 is 1.94. The molecule has 0 fully saturated rings. The van der Waals surface area contributed by atoms with Crippen LogP contribution in [0, 0.1) is 24.0 Å². The summed E-state index contributed by atoms with van der Waals surface area (Å²) in [4.78, 5) is 26.8. The first-order valence-corrected chi connectivity index (χ1v) is 9.69. The van der Waals surface area contributed by atoms with Crippen LogP contribution in [0.1, 0.15) is 11.1 Å². The molecule has 28 heavy (non-hydrogen) atoms. The minimum atomic E-state index is -0.541. The highest BCUT2D eigenvalue weighted by atomic mass is 35.5. The molecule has 3 aromatic rings. The summed E-state index contributed by atoms with van der Waals surface area (Å²) in [6.45, 7) is 4.06. The average molecular weight is 417 g/mol. The molecule has 1 aromatic heterocycles. The van der Waals surface area contributed by atoms with Gasteiger partial charge in [-0.2, -0.15) is 0 Å². The van der Waals surface area contributed by atoms with Gasteiger partial charge in [-0.3, -0.25) is 19.5 Å². The second-order valence-corrected chi connectivity index (χ2v) is 7.48. The number of nitrogens with one attached hydrogen (secondary N) is 1. The van der Waals surface area contributed by atoms with Crippen LogP contribution in [-0.4, -0.2) is 26.1 Å². The van der Waals surface area contributed by atoms with E-state index in [1.165, 1.54) is 35.5 Å². The number of nitro groups is 1.